The second kappa shape index (κ2) is 6.83. The summed E-state index contributed by atoms with van der Waals surface area (Å²) in [5.74, 6) is 1.91. The normalized spacial score (nSPS) is 34.2. The van der Waals surface area contributed by atoms with Crippen molar-refractivity contribution in [1.82, 2.24) is 10.6 Å². The molecule has 2 heterocycles. The average Bonchev–Trinajstić information content (AvgIpc) is 3.32. The first-order valence-corrected chi connectivity index (χ1v) is 9.21. The van der Waals surface area contributed by atoms with Crippen LogP contribution in [-0.4, -0.2) is 50.9 Å². The molecule has 3 fully saturated rings. The molecule has 25 heavy (non-hydrogen) atoms. The number of nitrogens with one attached hydrogen (secondary N) is 2. The molecule has 1 saturated carbocycles. The summed E-state index contributed by atoms with van der Waals surface area (Å²) in [6, 6.07) is 7.91. The molecule has 0 unspecified atom stereocenters. The van der Waals surface area contributed by atoms with Crippen LogP contribution in [0.3, 0.4) is 0 Å². The highest BCUT2D eigenvalue weighted by atomic mass is 19.1. The summed E-state index contributed by atoms with van der Waals surface area (Å²) in [4.78, 5) is 14.8. The lowest BCUT2D eigenvalue weighted by atomic mass is 9.97. The molecule has 136 valence electrons. The average molecular weight is 347 g/mol. The Morgan fingerprint density at radius 1 is 1.32 bits per heavy atom. The number of methoxy groups -OCH3 is 1. The SMILES string of the molecule is COc1ccccc1N1C[C@H]2CC[C@H](NC(=O)[C@@H]3C[C@@H](F)CN3)[C@H]2C1. The zero-order valence-corrected chi connectivity index (χ0v) is 14.6. The highest BCUT2D eigenvalue weighted by molar-refractivity contribution is 5.82. The first-order valence-electron chi connectivity index (χ1n) is 9.21. The summed E-state index contributed by atoms with van der Waals surface area (Å²) < 4.78 is 18.8. The molecule has 1 aromatic carbocycles. The molecule has 0 radical (unpaired) electrons. The molecule has 1 amide bonds. The van der Waals surface area contributed by atoms with E-state index < -0.39 is 6.17 Å². The zero-order chi connectivity index (χ0) is 17.4. The number of hydrogen-bond donors (Lipinski definition) is 2. The third kappa shape index (κ3) is 3.19. The van der Waals surface area contributed by atoms with E-state index in [1.54, 1.807) is 7.11 Å². The summed E-state index contributed by atoms with van der Waals surface area (Å²) in [5.41, 5.74) is 1.13. The van der Waals surface area contributed by atoms with Gasteiger partial charge in [0.05, 0.1) is 18.8 Å². The van der Waals surface area contributed by atoms with Gasteiger partial charge < -0.3 is 20.3 Å². The van der Waals surface area contributed by atoms with Crippen LogP contribution < -0.4 is 20.3 Å². The number of ether oxygens (including phenoxy) is 1. The maximum Gasteiger partial charge on any atom is 0.237 e. The Morgan fingerprint density at radius 3 is 2.92 bits per heavy atom. The third-order valence-electron chi connectivity index (χ3n) is 6.00. The van der Waals surface area contributed by atoms with E-state index in [4.69, 9.17) is 4.74 Å². The maximum absolute atomic E-state index is 13.3. The number of amides is 1. The molecule has 4 rings (SSSR count). The van der Waals surface area contributed by atoms with Crippen LogP contribution in [-0.2, 0) is 4.79 Å². The van der Waals surface area contributed by atoms with E-state index in [0.29, 0.717) is 18.3 Å². The predicted molar refractivity (Wildman–Crippen MR) is 94.7 cm³/mol. The number of nitrogens with zero attached hydrogens (tertiary/aromatic N) is 1. The van der Waals surface area contributed by atoms with Crippen molar-refractivity contribution in [3.05, 3.63) is 24.3 Å². The van der Waals surface area contributed by atoms with Crippen LogP contribution in [0, 0.1) is 11.8 Å². The minimum absolute atomic E-state index is 0.0402. The van der Waals surface area contributed by atoms with Crippen molar-refractivity contribution >= 4 is 11.6 Å². The van der Waals surface area contributed by atoms with E-state index in [1.807, 2.05) is 18.2 Å². The van der Waals surface area contributed by atoms with Gasteiger partial charge in [0.15, 0.2) is 0 Å². The van der Waals surface area contributed by atoms with E-state index in [9.17, 15) is 9.18 Å². The first-order chi connectivity index (χ1) is 12.2. The van der Waals surface area contributed by atoms with Crippen LogP contribution in [0.15, 0.2) is 24.3 Å². The lowest BCUT2D eigenvalue weighted by Gasteiger charge is -2.25. The highest BCUT2D eigenvalue weighted by Crippen LogP contribution is 2.42. The van der Waals surface area contributed by atoms with Gasteiger partial charge in [-0.05, 0) is 30.9 Å². The van der Waals surface area contributed by atoms with Crippen molar-refractivity contribution in [1.29, 1.82) is 0 Å². The highest BCUT2D eigenvalue weighted by Gasteiger charge is 2.44. The van der Waals surface area contributed by atoms with Crippen molar-refractivity contribution in [2.45, 2.75) is 37.5 Å². The molecule has 0 spiro atoms. The molecule has 3 aliphatic rings. The van der Waals surface area contributed by atoms with Gasteiger partial charge in [0, 0.05) is 38.0 Å². The van der Waals surface area contributed by atoms with Crippen molar-refractivity contribution in [3.8, 4) is 5.75 Å². The third-order valence-corrected chi connectivity index (χ3v) is 6.00. The van der Waals surface area contributed by atoms with Crippen molar-refractivity contribution in [3.63, 3.8) is 0 Å². The Kier molecular flexibility index (Phi) is 4.54. The summed E-state index contributed by atoms with van der Waals surface area (Å²) in [7, 11) is 1.70. The largest absolute Gasteiger partial charge is 0.495 e. The lowest BCUT2D eigenvalue weighted by molar-refractivity contribution is -0.123. The molecule has 2 aliphatic heterocycles. The van der Waals surface area contributed by atoms with Crippen molar-refractivity contribution in [2.24, 2.45) is 11.8 Å². The second-order valence-electron chi connectivity index (χ2n) is 7.49. The zero-order valence-electron chi connectivity index (χ0n) is 14.6. The summed E-state index contributed by atoms with van der Waals surface area (Å²) in [6.07, 6.45) is 1.54. The molecule has 5 atom stereocenters. The van der Waals surface area contributed by atoms with Gasteiger partial charge in [-0.25, -0.2) is 4.39 Å². The summed E-state index contributed by atoms with van der Waals surface area (Å²) in [5, 5.41) is 6.16. The van der Waals surface area contributed by atoms with E-state index in [-0.39, 0.29) is 24.5 Å². The smallest absolute Gasteiger partial charge is 0.237 e. The number of para-hydroxylation sites is 2. The van der Waals surface area contributed by atoms with Crippen LogP contribution in [0.1, 0.15) is 19.3 Å². The molecular weight excluding hydrogens is 321 g/mol. The quantitative estimate of drug-likeness (QED) is 0.871. The summed E-state index contributed by atoms with van der Waals surface area (Å²) >= 11 is 0. The molecule has 5 nitrogen and oxygen atoms in total. The molecule has 1 aliphatic carbocycles. The number of carbonyl (C=O) groups is 1. The topological polar surface area (TPSA) is 53.6 Å². The molecular formula is C19H26FN3O2. The fraction of sp³-hybridized carbons (Fsp3) is 0.632. The van der Waals surface area contributed by atoms with Crippen LogP contribution in [0.4, 0.5) is 10.1 Å². The number of halogens is 1. The fourth-order valence-electron chi connectivity index (χ4n) is 4.71. The number of hydrogen-bond acceptors (Lipinski definition) is 4. The molecule has 0 bridgehead atoms. The predicted octanol–water partition coefficient (Wildman–Crippen LogP) is 1.73. The van der Waals surface area contributed by atoms with Crippen LogP contribution in [0.25, 0.3) is 0 Å². The van der Waals surface area contributed by atoms with Gasteiger partial charge in [-0.1, -0.05) is 12.1 Å². The standard InChI is InChI=1S/C19H26FN3O2/c1-25-18-5-3-2-4-17(18)23-10-12-6-7-15(14(12)11-23)22-19(24)16-8-13(20)9-21-16/h2-5,12-16,21H,6-11H2,1H3,(H,22,24)/t12-,13-,14+,15+,16+/m1/s1. The minimum atomic E-state index is -0.903. The minimum Gasteiger partial charge on any atom is -0.495 e. The number of carbonyl (C=O) groups excluding carboxylic acids is 1. The van der Waals surface area contributed by atoms with E-state index >= 15 is 0 Å². The van der Waals surface area contributed by atoms with Crippen molar-refractivity contribution < 1.29 is 13.9 Å². The van der Waals surface area contributed by atoms with E-state index in [1.165, 1.54) is 0 Å². The van der Waals surface area contributed by atoms with Crippen molar-refractivity contribution in [2.75, 3.05) is 31.6 Å². The molecule has 1 aromatic rings. The maximum atomic E-state index is 13.3. The van der Waals surface area contributed by atoms with Gasteiger partial charge in [-0.3, -0.25) is 4.79 Å². The molecule has 2 N–H and O–H groups in total. The molecule has 0 aromatic heterocycles. The number of rotatable bonds is 4. The molecule has 6 heteroatoms. The Balaban J connectivity index is 1.40. The van der Waals surface area contributed by atoms with Gasteiger partial charge in [-0.15, -0.1) is 0 Å². The number of fused-ring (bicyclic) bond motifs is 1. The van der Waals surface area contributed by atoms with Gasteiger partial charge in [0.2, 0.25) is 5.91 Å². The molecule has 2 saturated heterocycles. The second-order valence-corrected chi connectivity index (χ2v) is 7.49. The van der Waals surface area contributed by atoms with E-state index in [0.717, 1.165) is 37.4 Å². The summed E-state index contributed by atoms with van der Waals surface area (Å²) in [6.45, 7) is 2.22. The Morgan fingerprint density at radius 2 is 2.16 bits per heavy atom. The Hall–Kier alpha value is -1.82. The Labute approximate surface area is 147 Å². The van der Waals surface area contributed by atoms with Crippen LogP contribution >= 0.6 is 0 Å². The van der Waals surface area contributed by atoms with Gasteiger partial charge in [-0.2, -0.15) is 0 Å². The number of alkyl halides is 1. The number of benzene rings is 1. The van der Waals surface area contributed by atoms with Crippen LogP contribution in [0.5, 0.6) is 5.75 Å². The first kappa shape index (κ1) is 16.6. The monoisotopic (exact) mass is 347 g/mol. The van der Waals surface area contributed by atoms with Crippen LogP contribution in [0.2, 0.25) is 0 Å². The van der Waals surface area contributed by atoms with Gasteiger partial charge >= 0.3 is 0 Å². The Bertz CT molecular complexity index is 641. The number of anilines is 1. The lowest BCUT2D eigenvalue weighted by Crippen LogP contribution is -2.47. The van der Waals surface area contributed by atoms with E-state index in [2.05, 4.69) is 21.6 Å². The van der Waals surface area contributed by atoms with Gasteiger partial charge in [0.1, 0.15) is 11.9 Å². The van der Waals surface area contributed by atoms with Gasteiger partial charge in [0.25, 0.3) is 0 Å². The fourth-order valence-corrected chi connectivity index (χ4v) is 4.71.